The molecule has 0 saturated heterocycles. The molecule has 0 radical (unpaired) electrons. The molecular formula is C20H20N6O2. The highest BCUT2D eigenvalue weighted by Gasteiger charge is 2.29. The van der Waals surface area contributed by atoms with Crippen molar-refractivity contribution in [2.24, 2.45) is 0 Å². The van der Waals surface area contributed by atoms with E-state index >= 15 is 0 Å². The molecule has 1 amide bonds. The lowest BCUT2D eigenvalue weighted by Crippen LogP contribution is -2.12. The topological polar surface area (TPSA) is 102 Å². The Kier molecular flexibility index (Phi) is 4.60. The van der Waals surface area contributed by atoms with Crippen LogP contribution in [0, 0.1) is 0 Å². The van der Waals surface area contributed by atoms with E-state index < -0.39 is 0 Å². The van der Waals surface area contributed by atoms with Crippen LogP contribution in [-0.4, -0.2) is 31.6 Å². The number of nitrogens with one attached hydrogen (secondary N) is 2. The predicted octanol–water partition coefficient (Wildman–Crippen LogP) is 3.58. The van der Waals surface area contributed by atoms with Gasteiger partial charge in [0, 0.05) is 31.4 Å². The number of amides is 1. The molecule has 3 aromatic rings. The van der Waals surface area contributed by atoms with E-state index in [9.17, 15) is 9.59 Å². The molecule has 4 rings (SSSR count). The van der Waals surface area contributed by atoms with Crippen molar-refractivity contribution in [1.82, 2.24) is 19.7 Å². The molecule has 1 fully saturated rings. The molecule has 1 saturated carbocycles. The van der Waals surface area contributed by atoms with E-state index in [-0.39, 0.29) is 11.8 Å². The van der Waals surface area contributed by atoms with Gasteiger partial charge in [-0.25, -0.2) is 14.6 Å². The summed E-state index contributed by atoms with van der Waals surface area (Å²) >= 11 is 0. The fourth-order valence-corrected chi connectivity index (χ4v) is 2.98. The minimum absolute atomic E-state index is 0.135. The minimum atomic E-state index is -0.230. The maximum atomic E-state index is 11.9. The smallest absolute Gasteiger partial charge is 0.244 e. The van der Waals surface area contributed by atoms with E-state index in [2.05, 4.69) is 25.7 Å². The third-order valence-corrected chi connectivity index (χ3v) is 4.41. The Morgan fingerprint density at radius 3 is 2.54 bits per heavy atom. The average Bonchev–Trinajstić information content (AvgIpc) is 3.43. The molecule has 0 unspecified atom stereocenters. The number of carbonyl (C=O) groups is 2. The van der Waals surface area contributed by atoms with E-state index in [0.717, 1.165) is 24.1 Å². The van der Waals surface area contributed by atoms with Crippen molar-refractivity contribution in [1.29, 1.82) is 0 Å². The van der Waals surface area contributed by atoms with Crippen LogP contribution in [0.3, 0.4) is 0 Å². The lowest BCUT2D eigenvalue weighted by Gasteiger charge is -2.11. The van der Waals surface area contributed by atoms with Crippen LogP contribution in [0.1, 0.15) is 43.1 Å². The van der Waals surface area contributed by atoms with Crippen LogP contribution in [-0.2, 0) is 4.79 Å². The summed E-state index contributed by atoms with van der Waals surface area (Å²) in [5.74, 6) is 1.44. The molecule has 28 heavy (non-hydrogen) atoms. The number of rotatable bonds is 5. The Bertz CT molecular complexity index is 1040. The first-order chi connectivity index (χ1) is 13.5. The molecule has 1 aromatic carbocycles. The average molecular weight is 376 g/mol. The van der Waals surface area contributed by atoms with Gasteiger partial charge >= 0.3 is 0 Å². The normalized spacial score (nSPS) is 13.2. The zero-order valence-corrected chi connectivity index (χ0v) is 15.6. The Hall–Kier alpha value is -3.55. The van der Waals surface area contributed by atoms with Crippen molar-refractivity contribution in [3.8, 4) is 11.4 Å². The molecule has 0 atom stereocenters. The lowest BCUT2D eigenvalue weighted by atomic mass is 10.2. The standard InChI is InChI=1S/C20H20N6O2/c1-12(27)22-16-11-21-19(15-6-4-3-5-7-15)24-20(16)23-18-10-17(14-8-9-14)26(25-18)13(2)28/h3-7,10-11,14H,8-9H2,1-2H3,(H,22,27)(H,21,23,24,25). The molecule has 2 N–H and O–H groups in total. The number of nitrogens with zero attached hydrogens (tertiary/aromatic N) is 4. The van der Waals surface area contributed by atoms with E-state index in [1.54, 1.807) is 6.20 Å². The van der Waals surface area contributed by atoms with Crippen LogP contribution in [0.4, 0.5) is 17.3 Å². The molecule has 8 heteroatoms. The lowest BCUT2D eigenvalue weighted by molar-refractivity contribution is -0.114. The summed E-state index contributed by atoms with van der Waals surface area (Å²) in [5.41, 5.74) is 2.19. The molecule has 2 aromatic heterocycles. The molecule has 0 bridgehead atoms. The number of aromatic nitrogens is 4. The Labute approximate surface area is 162 Å². The third kappa shape index (κ3) is 3.75. The highest BCUT2D eigenvalue weighted by molar-refractivity contribution is 5.92. The van der Waals surface area contributed by atoms with Crippen molar-refractivity contribution < 1.29 is 9.59 Å². The van der Waals surface area contributed by atoms with Crippen molar-refractivity contribution in [3.05, 3.63) is 48.3 Å². The summed E-state index contributed by atoms with van der Waals surface area (Å²) in [6, 6.07) is 11.4. The molecular weight excluding hydrogens is 356 g/mol. The van der Waals surface area contributed by atoms with Gasteiger partial charge < -0.3 is 10.6 Å². The van der Waals surface area contributed by atoms with E-state index in [0.29, 0.717) is 29.1 Å². The van der Waals surface area contributed by atoms with Gasteiger partial charge in [-0.3, -0.25) is 9.59 Å². The summed E-state index contributed by atoms with van der Waals surface area (Å²) in [4.78, 5) is 32.4. The van der Waals surface area contributed by atoms with E-state index in [1.165, 1.54) is 18.5 Å². The zero-order chi connectivity index (χ0) is 19.7. The van der Waals surface area contributed by atoms with Crippen LogP contribution in [0.5, 0.6) is 0 Å². The maximum Gasteiger partial charge on any atom is 0.244 e. The maximum absolute atomic E-state index is 11.9. The van der Waals surface area contributed by atoms with Gasteiger partial charge in [0.2, 0.25) is 11.8 Å². The number of anilines is 3. The van der Waals surface area contributed by atoms with E-state index in [1.807, 2.05) is 36.4 Å². The van der Waals surface area contributed by atoms with Crippen LogP contribution < -0.4 is 10.6 Å². The largest absolute Gasteiger partial charge is 0.322 e. The summed E-state index contributed by atoms with van der Waals surface area (Å²) in [5, 5.41) is 10.2. The van der Waals surface area contributed by atoms with Crippen LogP contribution in [0.15, 0.2) is 42.6 Å². The SMILES string of the molecule is CC(=O)Nc1cnc(-c2ccccc2)nc1Nc1cc(C2CC2)n(C(C)=O)n1. The first kappa shape index (κ1) is 17.8. The van der Waals surface area contributed by atoms with Crippen LogP contribution in [0.25, 0.3) is 11.4 Å². The van der Waals surface area contributed by atoms with Crippen molar-refractivity contribution in [2.45, 2.75) is 32.6 Å². The van der Waals surface area contributed by atoms with Gasteiger partial charge in [-0.05, 0) is 12.8 Å². The number of hydrogen-bond donors (Lipinski definition) is 2. The van der Waals surface area contributed by atoms with Crippen LogP contribution in [0.2, 0.25) is 0 Å². The quantitative estimate of drug-likeness (QED) is 0.706. The fraction of sp³-hybridized carbons (Fsp3) is 0.250. The number of benzene rings is 1. The third-order valence-electron chi connectivity index (χ3n) is 4.41. The molecule has 0 aliphatic heterocycles. The van der Waals surface area contributed by atoms with Gasteiger partial charge in [-0.1, -0.05) is 30.3 Å². The second kappa shape index (κ2) is 7.22. The molecule has 0 spiro atoms. The molecule has 1 aliphatic carbocycles. The van der Waals surface area contributed by atoms with Gasteiger partial charge in [-0.2, -0.15) is 0 Å². The van der Waals surface area contributed by atoms with Crippen molar-refractivity contribution in [3.63, 3.8) is 0 Å². The monoisotopic (exact) mass is 376 g/mol. The highest BCUT2D eigenvalue weighted by atomic mass is 16.2. The Balaban J connectivity index is 1.71. The first-order valence-corrected chi connectivity index (χ1v) is 9.09. The number of hydrogen-bond acceptors (Lipinski definition) is 6. The Morgan fingerprint density at radius 1 is 1.14 bits per heavy atom. The summed E-state index contributed by atoms with van der Waals surface area (Å²) < 4.78 is 1.43. The molecule has 142 valence electrons. The highest BCUT2D eigenvalue weighted by Crippen LogP contribution is 2.41. The van der Waals surface area contributed by atoms with E-state index in [4.69, 9.17) is 0 Å². The van der Waals surface area contributed by atoms with Gasteiger partial charge in [-0.15, -0.1) is 5.10 Å². The van der Waals surface area contributed by atoms with Gasteiger partial charge in [0.1, 0.15) is 5.69 Å². The first-order valence-electron chi connectivity index (χ1n) is 9.09. The van der Waals surface area contributed by atoms with Gasteiger partial charge in [0.15, 0.2) is 17.5 Å². The Morgan fingerprint density at radius 2 is 1.89 bits per heavy atom. The molecule has 1 aliphatic rings. The van der Waals surface area contributed by atoms with Gasteiger partial charge in [0.05, 0.1) is 11.9 Å². The summed E-state index contributed by atoms with van der Waals surface area (Å²) in [6.45, 7) is 2.91. The second-order valence-electron chi connectivity index (χ2n) is 6.79. The minimum Gasteiger partial charge on any atom is -0.322 e. The van der Waals surface area contributed by atoms with Crippen molar-refractivity contribution >= 4 is 29.1 Å². The zero-order valence-electron chi connectivity index (χ0n) is 15.6. The summed E-state index contributed by atoms with van der Waals surface area (Å²) in [6.07, 6.45) is 3.67. The second-order valence-corrected chi connectivity index (χ2v) is 6.79. The fourth-order valence-electron chi connectivity index (χ4n) is 2.98. The molecule has 8 nitrogen and oxygen atoms in total. The number of carbonyl (C=O) groups excluding carboxylic acids is 2. The van der Waals surface area contributed by atoms with Crippen molar-refractivity contribution in [2.75, 3.05) is 10.6 Å². The predicted molar refractivity (Wildman–Crippen MR) is 106 cm³/mol. The van der Waals surface area contributed by atoms with Gasteiger partial charge in [0.25, 0.3) is 0 Å². The van der Waals surface area contributed by atoms with Crippen LogP contribution >= 0.6 is 0 Å². The molecule has 2 heterocycles. The summed E-state index contributed by atoms with van der Waals surface area (Å²) in [7, 11) is 0.